The minimum absolute atomic E-state index is 0.0564. The van der Waals surface area contributed by atoms with Gasteiger partial charge in [-0.25, -0.2) is 4.79 Å². The fourth-order valence-electron chi connectivity index (χ4n) is 3.21. The van der Waals surface area contributed by atoms with Crippen molar-refractivity contribution in [2.45, 2.75) is 92.0 Å². The molecule has 31 heavy (non-hydrogen) atoms. The van der Waals surface area contributed by atoms with E-state index in [1.807, 2.05) is 71.9 Å². The molecule has 0 bridgehead atoms. The quantitative estimate of drug-likeness (QED) is 0.502. The molecule has 0 spiro atoms. The van der Waals surface area contributed by atoms with Crippen molar-refractivity contribution in [3.8, 4) is 0 Å². The first-order valence-corrected chi connectivity index (χ1v) is 11.5. The van der Waals surface area contributed by atoms with Crippen LogP contribution in [0, 0.1) is 10.8 Å². The number of rotatable bonds is 8. The van der Waals surface area contributed by atoms with Crippen molar-refractivity contribution in [1.29, 1.82) is 0 Å². The van der Waals surface area contributed by atoms with Crippen molar-refractivity contribution in [3.63, 3.8) is 0 Å². The third-order valence-electron chi connectivity index (χ3n) is 5.71. The van der Waals surface area contributed by atoms with Gasteiger partial charge in [-0.3, -0.25) is 4.79 Å². The van der Waals surface area contributed by atoms with Crippen molar-refractivity contribution >= 4 is 28.8 Å². The van der Waals surface area contributed by atoms with E-state index >= 15 is 0 Å². The molecule has 6 heteroatoms. The lowest BCUT2D eigenvalue weighted by Gasteiger charge is -2.43. The van der Waals surface area contributed by atoms with E-state index in [0.29, 0.717) is 6.42 Å². The molecule has 0 fully saturated rings. The second kappa shape index (κ2) is 9.76. The van der Waals surface area contributed by atoms with Crippen molar-refractivity contribution in [2.75, 3.05) is 0 Å². The van der Waals surface area contributed by atoms with Gasteiger partial charge in [0, 0.05) is 11.2 Å². The standard InChI is InChI=1S/C25H39NO4S/c1-17(27)16-23(5,6)25(9,10)31-20(28)24(7,8)19(18-14-12-11-13-15-18)26-21(29)30-22(2,3)4/h11-15,19H,16H2,1-10H3,(H,26,29). The van der Waals surface area contributed by atoms with Crippen molar-refractivity contribution in [2.24, 2.45) is 10.8 Å². The number of alkyl carbamates (subject to hydrolysis) is 1. The first kappa shape index (κ1) is 27.2. The second-order valence-electron chi connectivity index (χ2n) is 10.9. The average Bonchev–Trinajstić information content (AvgIpc) is 2.57. The van der Waals surface area contributed by atoms with Crippen LogP contribution in [-0.4, -0.2) is 27.3 Å². The lowest BCUT2D eigenvalue weighted by Crippen LogP contribution is -2.46. The summed E-state index contributed by atoms with van der Waals surface area (Å²) in [6.07, 6.45) is -0.178. The highest BCUT2D eigenvalue weighted by Crippen LogP contribution is 2.49. The van der Waals surface area contributed by atoms with E-state index in [-0.39, 0.29) is 16.3 Å². The molecular formula is C25H39NO4S. The summed E-state index contributed by atoms with van der Waals surface area (Å²) >= 11 is 1.24. The molecule has 1 atom stereocenters. The minimum atomic E-state index is -0.924. The van der Waals surface area contributed by atoms with Crippen molar-refractivity contribution in [3.05, 3.63) is 35.9 Å². The molecule has 0 aliphatic carbocycles. The van der Waals surface area contributed by atoms with Crippen LogP contribution in [0.5, 0.6) is 0 Å². The summed E-state index contributed by atoms with van der Waals surface area (Å²) in [7, 11) is 0. The zero-order valence-electron chi connectivity index (χ0n) is 20.7. The van der Waals surface area contributed by atoms with Crippen molar-refractivity contribution in [1.82, 2.24) is 5.32 Å². The van der Waals surface area contributed by atoms with Gasteiger partial charge in [-0.1, -0.05) is 55.9 Å². The van der Waals surface area contributed by atoms with Crippen LogP contribution in [0.1, 0.15) is 87.3 Å². The van der Waals surface area contributed by atoms with E-state index in [0.717, 1.165) is 5.56 Å². The number of hydrogen-bond donors (Lipinski definition) is 1. The van der Waals surface area contributed by atoms with Crippen LogP contribution in [0.25, 0.3) is 0 Å². The van der Waals surface area contributed by atoms with Crippen molar-refractivity contribution < 1.29 is 19.1 Å². The Balaban J connectivity index is 3.23. The van der Waals surface area contributed by atoms with Gasteiger partial charge in [-0.05, 0) is 66.4 Å². The predicted octanol–water partition coefficient (Wildman–Crippen LogP) is 6.32. The molecule has 1 amide bonds. The molecule has 1 rings (SSSR count). The first-order valence-electron chi connectivity index (χ1n) is 10.7. The maximum absolute atomic E-state index is 13.6. The molecule has 1 aromatic rings. The van der Waals surface area contributed by atoms with Gasteiger partial charge >= 0.3 is 6.09 Å². The smallest absolute Gasteiger partial charge is 0.408 e. The number of benzene rings is 1. The van der Waals surface area contributed by atoms with Gasteiger partial charge < -0.3 is 14.8 Å². The Morgan fingerprint density at radius 2 is 1.45 bits per heavy atom. The zero-order valence-corrected chi connectivity index (χ0v) is 21.5. The summed E-state index contributed by atoms with van der Waals surface area (Å²) in [6.45, 7) is 18.7. The summed E-state index contributed by atoms with van der Waals surface area (Å²) in [6, 6.07) is 8.87. The Kier molecular flexibility index (Phi) is 8.57. The SMILES string of the molecule is CC(=O)CC(C)(C)C(C)(C)SC(=O)C(C)(C)C(NC(=O)OC(C)(C)C)c1ccccc1. The number of Topliss-reactive ketones (excluding diaryl/α,β-unsaturated/α-hetero) is 1. The van der Waals surface area contributed by atoms with E-state index in [9.17, 15) is 14.4 Å². The van der Waals surface area contributed by atoms with Gasteiger partial charge in [0.2, 0.25) is 0 Å². The number of nitrogens with one attached hydrogen (secondary N) is 1. The van der Waals surface area contributed by atoms with Crippen LogP contribution in [0.2, 0.25) is 0 Å². The van der Waals surface area contributed by atoms with E-state index in [1.54, 1.807) is 27.7 Å². The average molecular weight is 450 g/mol. The Morgan fingerprint density at radius 1 is 0.935 bits per heavy atom. The molecule has 0 saturated heterocycles. The van der Waals surface area contributed by atoms with Crippen LogP contribution in [0.4, 0.5) is 4.79 Å². The fraction of sp³-hybridized carbons (Fsp3) is 0.640. The van der Waals surface area contributed by atoms with Gasteiger partial charge in [0.15, 0.2) is 5.12 Å². The minimum Gasteiger partial charge on any atom is -0.444 e. The summed E-state index contributed by atoms with van der Waals surface area (Å²) in [5.74, 6) is 0.0964. The molecule has 0 radical (unpaired) electrons. The number of hydrogen-bond acceptors (Lipinski definition) is 5. The molecule has 0 heterocycles. The molecule has 1 aromatic carbocycles. The molecular weight excluding hydrogens is 410 g/mol. The monoisotopic (exact) mass is 449 g/mol. The first-order chi connectivity index (χ1) is 13.9. The largest absolute Gasteiger partial charge is 0.444 e. The number of carbonyl (C=O) groups is 3. The van der Waals surface area contributed by atoms with Gasteiger partial charge in [0.25, 0.3) is 0 Å². The Labute approximate surface area is 192 Å². The predicted molar refractivity (Wildman–Crippen MR) is 128 cm³/mol. The number of ketones is 1. The highest BCUT2D eigenvalue weighted by Gasteiger charge is 2.46. The zero-order chi connectivity index (χ0) is 24.3. The molecule has 1 unspecified atom stereocenters. The lowest BCUT2D eigenvalue weighted by atomic mass is 9.76. The van der Waals surface area contributed by atoms with Crippen LogP contribution in [0.3, 0.4) is 0 Å². The third-order valence-corrected chi connectivity index (χ3v) is 7.48. The maximum atomic E-state index is 13.6. The summed E-state index contributed by atoms with van der Waals surface area (Å²) in [5.41, 5.74) is -1.12. The highest BCUT2D eigenvalue weighted by atomic mass is 32.2. The normalized spacial score (nSPS) is 14.0. The van der Waals surface area contributed by atoms with Crippen LogP contribution < -0.4 is 5.32 Å². The summed E-state index contributed by atoms with van der Waals surface area (Å²) in [5, 5.41) is 2.86. The topological polar surface area (TPSA) is 72.5 Å². The summed E-state index contributed by atoms with van der Waals surface area (Å²) in [4.78, 5) is 37.9. The molecule has 174 valence electrons. The van der Waals surface area contributed by atoms with Crippen LogP contribution in [0.15, 0.2) is 30.3 Å². The summed E-state index contributed by atoms with van der Waals surface area (Å²) < 4.78 is 4.97. The Hall–Kier alpha value is -1.82. The fourth-order valence-corrected chi connectivity index (χ4v) is 4.40. The molecule has 0 aromatic heterocycles. The molecule has 0 aliphatic heterocycles. The van der Waals surface area contributed by atoms with E-state index < -0.39 is 27.9 Å². The number of ether oxygens (including phenoxy) is 1. The van der Waals surface area contributed by atoms with E-state index in [1.165, 1.54) is 11.8 Å². The third kappa shape index (κ3) is 7.67. The number of amides is 1. The number of thioether (sulfide) groups is 1. The molecule has 5 nitrogen and oxygen atoms in total. The second-order valence-corrected chi connectivity index (χ2v) is 12.5. The Bertz CT molecular complexity index is 791. The van der Waals surface area contributed by atoms with Crippen LogP contribution >= 0.6 is 11.8 Å². The molecule has 0 aliphatic rings. The van der Waals surface area contributed by atoms with E-state index in [4.69, 9.17) is 4.74 Å². The van der Waals surface area contributed by atoms with Gasteiger partial charge in [0.1, 0.15) is 11.4 Å². The van der Waals surface area contributed by atoms with Crippen LogP contribution in [-0.2, 0) is 14.3 Å². The molecule has 0 saturated carbocycles. The molecule has 1 N–H and O–H groups in total. The van der Waals surface area contributed by atoms with Gasteiger partial charge in [-0.2, -0.15) is 0 Å². The van der Waals surface area contributed by atoms with Gasteiger partial charge in [0.05, 0.1) is 11.5 Å². The van der Waals surface area contributed by atoms with E-state index in [2.05, 4.69) is 5.32 Å². The van der Waals surface area contributed by atoms with Gasteiger partial charge in [-0.15, -0.1) is 0 Å². The maximum Gasteiger partial charge on any atom is 0.408 e. The lowest BCUT2D eigenvalue weighted by molar-refractivity contribution is -0.121. The number of carbonyl (C=O) groups excluding carboxylic acids is 3. The highest BCUT2D eigenvalue weighted by molar-refractivity contribution is 8.14. The Morgan fingerprint density at radius 3 is 1.90 bits per heavy atom.